The smallest absolute Gasteiger partial charge is 0.293 e. The summed E-state index contributed by atoms with van der Waals surface area (Å²) in [5, 5.41) is 10.9. The van der Waals surface area contributed by atoms with Crippen LogP contribution < -0.4 is 4.90 Å². The number of nitro groups is 1. The third-order valence-electron chi connectivity index (χ3n) is 2.46. The van der Waals surface area contributed by atoms with Crippen molar-refractivity contribution >= 4 is 17.2 Å². The summed E-state index contributed by atoms with van der Waals surface area (Å²) in [7, 11) is 1.77. The number of anilines is 1. The molecular formula is C11H14N2O3. The highest BCUT2D eigenvalue weighted by atomic mass is 16.6. The van der Waals surface area contributed by atoms with Crippen LogP contribution in [0.25, 0.3) is 0 Å². The lowest BCUT2D eigenvalue weighted by molar-refractivity contribution is -0.384. The third-order valence-corrected chi connectivity index (χ3v) is 2.46. The zero-order valence-electron chi connectivity index (χ0n) is 9.56. The second-order valence-corrected chi connectivity index (χ2v) is 3.53. The molecule has 0 atom stereocenters. The molecule has 0 amide bonds. The Morgan fingerprint density at radius 3 is 2.56 bits per heavy atom. The van der Waals surface area contributed by atoms with Gasteiger partial charge in [-0.25, -0.2) is 0 Å². The van der Waals surface area contributed by atoms with Crippen molar-refractivity contribution in [2.75, 3.05) is 18.5 Å². The van der Waals surface area contributed by atoms with Crippen LogP contribution in [0, 0.1) is 10.1 Å². The first-order valence-corrected chi connectivity index (χ1v) is 4.98. The van der Waals surface area contributed by atoms with Crippen molar-refractivity contribution < 1.29 is 9.72 Å². The maximum atomic E-state index is 11.1. The lowest BCUT2D eigenvalue weighted by Gasteiger charge is -2.16. The summed E-state index contributed by atoms with van der Waals surface area (Å²) in [5.41, 5.74) is 0.856. The van der Waals surface area contributed by atoms with Gasteiger partial charge in [-0.3, -0.25) is 14.9 Å². The minimum Gasteiger partial charge on any atom is -0.369 e. The molecule has 0 aliphatic heterocycles. The Hall–Kier alpha value is -1.91. The maximum absolute atomic E-state index is 11.1. The highest BCUT2D eigenvalue weighted by Crippen LogP contribution is 2.28. The second-order valence-electron chi connectivity index (χ2n) is 3.53. The number of benzene rings is 1. The van der Waals surface area contributed by atoms with E-state index in [-0.39, 0.29) is 11.5 Å². The largest absolute Gasteiger partial charge is 0.369 e. The molecular weight excluding hydrogens is 208 g/mol. The van der Waals surface area contributed by atoms with E-state index in [9.17, 15) is 14.9 Å². The Labute approximate surface area is 93.8 Å². The molecule has 0 saturated heterocycles. The number of carbonyl (C=O) groups excluding carboxylic acids is 1. The number of rotatable bonds is 4. The summed E-state index contributed by atoms with van der Waals surface area (Å²) < 4.78 is 0. The van der Waals surface area contributed by atoms with Gasteiger partial charge in [0.2, 0.25) is 0 Å². The van der Waals surface area contributed by atoms with Crippen molar-refractivity contribution in [1.29, 1.82) is 0 Å². The van der Waals surface area contributed by atoms with Gasteiger partial charge in [-0.1, -0.05) is 0 Å². The molecule has 0 aliphatic carbocycles. The fourth-order valence-corrected chi connectivity index (χ4v) is 1.38. The lowest BCUT2D eigenvalue weighted by Crippen LogP contribution is -2.17. The van der Waals surface area contributed by atoms with E-state index in [2.05, 4.69) is 0 Å². The highest BCUT2D eigenvalue weighted by molar-refractivity contribution is 5.95. The molecule has 0 spiro atoms. The van der Waals surface area contributed by atoms with Crippen molar-refractivity contribution in [3.05, 3.63) is 33.9 Å². The van der Waals surface area contributed by atoms with Gasteiger partial charge in [-0.15, -0.1) is 0 Å². The quantitative estimate of drug-likeness (QED) is 0.445. The fraction of sp³-hybridized carbons (Fsp3) is 0.364. The normalized spacial score (nSPS) is 9.94. The van der Waals surface area contributed by atoms with Gasteiger partial charge in [0, 0.05) is 25.2 Å². The van der Waals surface area contributed by atoms with Gasteiger partial charge in [0.25, 0.3) is 5.69 Å². The van der Waals surface area contributed by atoms with Gasteiger partial charge in [0.15, 0.2) is 5.78 Å². The third kappa shape index (κ3) is 2.36. The second kappa shape index (κ2) is 4.74. The predicted molar refractivity (Wildman–Crippen MR) is 62.0 cm³/mol. The van der Waals surface area contributed by atoms with Crippen LogP contribution in [0.3, 0.4) is 0 Å². The highest BCUT2D eigenvalue weighted by Gasteiger charge is 2.18. The molecule has 1 aromatic rings. The zero-order valence-corrected chi connectivity index (χ0v) is 9.56. The Morgan fingerprint density at radius 1 is 1.50 bits per heavy atom. The Balaban J connectivity index is 3.30. The van der Waals surface area contributed by atoms with Crippen LogP contribution in [-0.4, -0.2) is 24.3 Å². The average molecular weight is 222 g/mol. The first-order chi connectivity index (χ1) is 7.47. The van der Waals surface area contributed by atoms with E-state index in [1.807, 2.05) is 6.92 Å². The standard InChI is InChI=1S/C11H14N2O3/c1-4-12(3)10-6-5-9(8(2)14)7-11(10)13(15)16/h5-7H,4H2,1-3H3. The van der Waals surface area contributed by atoms with Gasteiger partial charge in [0.1, 0.15) is 5.69 Å². The molecule has 1 rings (SSSR count). The first-order valence-electron chi connectivity index (χ1n) is 4.98. The molecule has 0 unspecified atom stereocenters. The number of hydrogen-bond donors (Lipinski definition) is 0. The van der Waals surface area contributed by atoms with Crippen molar-refractivity contribution in [2.24, 2.45) is 0 Å². The number of Topliss-reactive ketones (excluding diaryl/α,β-unsaturated/α-hetero) is 1. The van der Waals surface area contributed by atoms with Crippen molar-refractivity contribution in [3.63, 3.8) is 0 Å². The minimum absolute atomic E-state index is 0.0305. The Morgan fingerprint density at radius 2 is 2.12 bits per heavy atom. The van der Waals surface area contributed by atoms with E-state index in [1.165, 1.54) is 13.0 Å². The molecule has 0 fully saturated rings. The summed E-state index contributed by atoms with van der Waals surface area (Å²) >= 11 is 0. The minimum atomic E-state index is -0.464. The summed E-state index contributed by atoms with van der Waals surface area (Å²) in [5.74, 6) is -0.172. The van der Waals surface area contributed by atoms with Crippen LogP contribution in [0.4, 0.5) is 11.4 Å². The van der Waals surface area contributed by atoms with Gasteiger partial charge < -0.3 is 4.90 Å². The Bertz CT molecular complexity index is 429. The van der Waals surface area contributed by atoms with Gasteiger partial charge in [-0.2, -0.15) is 0 Å². The molecule has 1 aromatic carbocycles. The predicted octanol–water partition coefficient (Wildman–Crippen LogP) is 2.25. The van der Waals surface area contributed by atoms with Gasteiger partial charge >= 0.3 is 0 Å². The number of ketones is 1. The molecule has 86 valence electrons. The van der Waals surface area contributed by atoms with Crippen LogP contribution in [0.1, 0.15) is 24.2 Å². The van der Waals surface area contributed by atoms with Crippen LogP contribution in [0.15, 0.2) is 18.2 Å². The van der Waals surface area contributed by atoms with Gasteiger partial charge in [0.05, 0.1) is 4.92 Å². The van der Waals surface area contributed by atoms with Crippen LogP contribution in [0.5, 0.6) is 0 Å². The molecule has 0 radical (unpaired) electrons. The Kier molecular flexibility index (Phi) is 3.60. The molecule has 0 aromatic heterocycles. The zero-order chi connectivity index (χ0) is 12.3. The van der Waals surface area contributed by atoms with Crippen LogP contribution in [0.2, 0.25) is 0 Å². The van der Waals surface area contributed by atoms with E-state index in [1.54, 1.807) is 24.1 Å². The summed E-state index contributed by atoms with van der Waals surface area (Å²) in [6.45, 7) is 3.96. The maximum Gasteiger partial charge on any atom is 0.293 e. The molecule has 5 heteroatoms. The summed E-state index contributed by atoms with van der Waals surface area (Å²) in [6, 6.07) is 4.54. The lowest BCUT2D eigenvalue weighted by atomic mass is 10.1. The SMILES string of the molecule is CCN(C)c1ccc(C(C)=O)cc1[N+](=O)[O-]. The summed E-state index contributed by atoms with van der Waals surface area (Å²) in [6.07, 6.45) is 0. The molecule has 5 nitrogen and oxygen atoms in total. The molecule has 16 heavy (non-hydrogen) atoms. The van der Waals surface area contributed by atoms with Crippen molar-refractivity contribution in [1.82, 2.24) is 0 Å². The number of nitro benzene ring substituents is 1. The molecule has 0 N–H and O–H groups in total. The van der Waals surface area contributed by atoms with E-state index in [4.69, 9.17) is 0 Å². The fourth-order valence-electron chi connectivity index (χ4n) is 1.38. The van der Waals surface area contributed by atoms with E-state index in [0.717, 1.165) is 0 Å². The summed E-state index contributed by atoms with van der Waals surface area (Å²) in [4.78, 5) is 23.3. The van der Waals surface area contributed by atoms with Crippen molar-refractivity contribution in [2.45, 2.75) is 13.8 Å². The van der Waals surface area contributed by atoms with Crippen molar-refractivity contribution in [3.8, 4) is 0 Å². The van der Waals surface area contributed by atoms with E-state index in [0.29, 0.717) is 17.8 Å². The van der Waals surface area contributed by atoms with Crippen LogP contribution in [-0.2, 0) is 0 Å². The molecule has 0 bridgehead atoms. The van der Waals surface area contributed by atoms with E-state index >= 15 is 0 Å². The molecule has 0 saturated carbocycles. The molecule has 0 heterocycles. The topological polar surface area (TPSA) is 63.5 Å². The number of hydrogen-bond acceptors (Lipinski definition) is 4. The first kappa shape index (κ1) is 12.2. The van der Waals surface area contributed by atoms with Crippen LogP contribution >= 0.6 is 0 Å². The average Bonchev–Trinajstić information content (AvgIpc) is 2.26. The molecule has 0 aliphatic rings. The number of nitrogens with zero attached hydrogens (tertiary/aromatic N) is 2. The number of carbonyl (C=O) groups is 1. The van der Waals surface area contributed by atoms with E-state index < -0.39 is 4.92 Å². The van der Waals surface area contributed by atoms with Gasteiger partial charge in [-0.05, 0) is 26.0 Å². The monoisotopic (exact) mass is 222 g/mol.